The molecule has 1 heterocycles. The van der Waals surface area contributed by atoms with Crippen LogP contribution in [0.3, 0.4) is 0 Å². The second-order valence-corrected chi connectivity index (χ2v) is 4.66. The third kappa shape index (κ3) is 2.50. The Kier molecular flexibility index (Phi) is 4.12. The number of ether oxygens (including phenoxy) is 1. The number of nitrogens with zero attached hydrogens (tertiary/aromatic N) is 2. The van der Waals surface area contributed by atoms with E-state index in [-0.39, 0.29) is 6.10 Å². The summed E-state index contributed by atoms with van der Waals surface area (Å²) in [5.74, 6) is 2.23. The van der Waals surface area contributed by atoms with Crippen LogP contribution in [0.2, 0.25) is 0 Å². The van der Waals surface area contributed by atoms with Gasteiger partial charge in [0.2, 0.25) is 11.7 Å². The minimum absolute atomic E-state index is 0.0646. The van der Waals surface area contributed by atoms with Crippen molar-refractivity contribution < 1.29 is 9.26 Å². The summed E-state index contributed by atoms with van der Waals surface area (Å²) in [5.41, 5.74) is 5.77. The predicted octanol–water partition coefficient (Wildman–Crippen LogP) is 2.01. The summed E-state index contributed by atoms with van der Waals surface area (Å²) in [6, 6.07) is 0. The summed E-state index contributed by atoms with van der Waals surface area (Å²) >= 11 is 0. The van der Waals surface area contributed by atoms with Gasteiger partial charge in [-0.15, -0.1) is 0 Å². The van der Waals surface area contributed by atoms with E-state index in [0.29, 0.717) is 24.2 Å². The van der Waals surface area contributed by atoms with E-state index in [1.807, 2.05) is 6.92 Å². The standard InChI is InChI=1S/C12H21N3O2/c1-3-10(16-2)11-14-12(17-15-11)9-6-4-5-8(9)7-13/h8-10H,3-7,13H2,1-2H3. The van der Waals surface area contributed by atoms with Gasteiger partial charge in [-0.3, -0.25) is 0 Å². The van der Waals surface area contributed by atoms with E-state index in [0.717, 1.165) is 18.7 Å². The summed E-state index contributed by atoms with van der Waals surface area (Å²) in [6.07, 6.45) is 4.25. The largest absolute Gasteiger partial charge is 0.373 e. The Morgan fingerprint density at radius 3 is 3.00 bits per heavy atom. The van der Waals surface area contributed by atoms with Crippen molar-refractivity contribution in [3.05, 3.63) is 11.7 Å². The highest BCUT2D eigenvalue weighted by Crippen LogP contribution is 2.38. The van der Waals surface area contributed by atoms with Crippen LogP contribution in [0.25, 0.3) is 0 Å². The molecule has 0 bridgehead atoms. The lowest BCUT2D eigenvalue weighted by Crippen LogP contribution is -2.17. The molecule has 0 aliphatic heterocycles. The van der Waals surface area contributed by atoms with Crippen LogP contribution in [0.4, 0.5) is 0 Å². The molecular formula is C12H21N3O2. The lowest BCUT2D eigenvalue weighted by Gasteiger charge is -2.12. The van der Waals surface area contributed by atoms with Gasteiger partial charge in [0.25, 0.3) is 0 Å². The maximum Gasteiger partial charge on any atom is 0.230 e. The SMILES string of the molecule is CCC(OC)c1noc(C2CCCC2CN)n1. The van der Waals surface area contributed by atoms with E-state index in [2.05, 4.69) is 10.1 Å². The van der Waals surface area contributed by atoms with Crippen LogP contribution in [0.15, 0.2) is 4.52 Å². The third-order valence-electron chi connectivity index (χ3n) is 3.68. The van der Waals surface area contributed by atoms with Gasteiger partial charge in [0, 0.05) is 13.0 Å². The zero-order valence-electron chi connectivity index (χ0n) is 10.6. The van der Waals surface area contributed by atoms with E-state index < -0.39 is 0 Å². The Morgan fingerprint density at radius 1 is 1.53 bits per heavy atom. The minimum atomic E-state index is -0.0646. The van der Waals surface area contributed by atoms with Crippen LogP contribution in [0.1, 0.15) is 56.3 Å². The van der Waals surface area contributed by atoms with E-state index in [1.54, 1.807) is 7.11 Å². The van der Waals surface area contributed by atoms with Crippen LogP contribution >= 0.6 is 0 Å². The quantitative estimate of drug-likeness (QED) is 0.850. The Labute approximate surface area is 102 Å². The number of rotatable bonds is 5. The molecule has 0 saturated heterocycles. The second-order valence-electron chi connectivity index (χ2n) is 4.66. The van der Waals surface area contributed by atoms with Gasteiger partial charge in [0.1, 0.15) is 6.10 Å². The van der Waals surface area contributed by atoms with Crippen LogP contribution in [0.5, 0.6) is 0 Å². The van der Waals surface area contributed by atoms with Gasteiger partial charge in [-0.1, -0.05) is 18.5 Å². The molecule has 96 valence electrons. The molecule has 0 amide bonds. The molecule has 0 spiro atoms. The third-order valence-corrected chi connectivity index (χ3v) is 3.68. The molecule has 5 heteroatoms. The highest BCUT2D eigenvalue weighted by molar-refractivity contribution is 5.01. The van der Waals surface area contributed by atoms with Crippen molar-refractivity contribution in [3.63, 3.8) is 0 Å². The van der Waals surface area contributed by atoms with Crippen molar-refractivity contribution in [1.29, 1.82) is 0 Å². The van der Waals surface area contributed by atoms with Gasteiger partial charge in [-0.25, -0.2) is 0 Å². The highest BCUT2D eigenvalue weighted by Gasteiger charge is 2.32. The first-order valence-electron chi connectivity index (χ1n) is 6.36. The smallest absolute Gasteiger partial charge is 0.230 e. The Bertz CT molecular complexity index is 349. The van der Waals surface area contributed by atoms with E-state index in [1.165, 1.54) is 12.8 Å². The zero-order chi connectivity index (χ0) is 12.3. The van der Waals surface area contributed by atoms with Crippen LogP contribution in [-0.2, 0) is 4.74 Å². The first kappa shape index (κ1) is 12.5. The summed E-state index contributed by atoms with van der Waals surface area (Å²) in [6.45, 7) is 2.74. The maximum atomic E-state index is 5.77. The summed E-state index contributed by atoms with van der Waals surface area (Å²) in [7, 11) is 1.67. The van der Waals surface area contributed by atoms with Gasteiger partial charge >= 0.3 is 0 Å². The van der Waals surface area contributed by atoms with Crippen molar-refractivity contribution >= 4 is 0 Å². The number of aromatic nitrogens is 2. The van der Waals surface area contributed by atoms with Crippen molar-refractivity contribution in [2.24, 2.45) is 11.7 Å². The zero-order valence-corrected chi connectivity index (χ0v) is 10.6. The fraction of sp³-hybridized carbons (Fsp3) is 0.833. The second kappa shape index (κ2) is 5.60. The molecule has 17 heavy (non-hydrogen) atoms. The maximum absolute atomic E-state index is 5.77. The number of hydrogen-bond donors (Lipinski definition) is 1. The highest BCUT2D eigenvalue weighted by atomic mass is 16.5. The molecule has 1 saturated carbocycles. The van der Waals surface area contributed by atoms with Gasteiger partial charge in [-0.05, 0) is 31.7 Å². The number of hydrogen-bond acceptors (Lipinski definition) is 5. The van der Waals surface area contributed by atoms with Crippen molar-refractivity contribution in [3.8, 4) is 0 Å². The monoisotopic (exact) mass is 239 g/mol. The Balaban J connectivity index is 2.12. The molecule has 1 fully saturated rings. The molecule has 0 aromatic carbocycles. The van der Waals surface area contributed by atoms with Gasteiger partial charge in [0.05, 0.1) is 0 Å². The lowest BCUT2D eigenvalue weighted by atomic mass is 9.96. The lowest BCUT2D eigenvalue weighted by molar-refractivity contribution is 0.0903. The predicted molar refractivity (Wildman–Crippen MR) is 63.5 cm³/mol. The Hall–Kier alpha value is -0.940. The minimum Gasteiger partial charge on any atom is -0.373 e. The first-order chi connectivity index (χ1) is 8.30. The molecule has 1 aromatic heterocycles. The molecule has 1 aliphatic carbocycles. The van der Waals surface area contributed by atoms with E-state index >= 15 is 0 Å². The van der Waals surface area contributed by atoms with Crippen LogP contribution < -0.4 is 5.73 Å². The van der Waals surface area contributed by atoms with Crippen molar-refractivity contribution in [2.75, 3.05) is 13.7 Å². The number of nitrogens with two attached hydrogens (primary N) is 1. The molecule has 2 rings (SSSR count). The van der Waals surface area contributed by atoms with E-state index in [9.17, 15) is 0 Å². The molecule has 2 N–H and O–H groups in total. The fourth-order valence-corrected chi connectivity index (χ4v) is 2.63. The molecule has 3 atom stereocenters. The van der Waals surface area contributed by atoms with Gasteiger partial charge in [-0.2, -0.15) is 4.98 Å². The molecular weight excluding hydrogens is 218 g/mol. The molecule has 3 unspecified atom stereocenters. The topological polar surface area (TPSA) is 74.2 Å². The van der Waals surface area contributed by atoms with E-state index in [4.69, 9.17) is 15.0 Å². The number of methoxy groups -OCH3 is 1. The first-order valence-corrected chi connectivity index (χ1v) is 6.36. The Morgan fingerprint density at radius 2 is 2.35 bits per heavy atom. The average molecular weight is 239 g/mol. The summed E-state index contributed by atoms with van der Waals surface area (Å²) in [5, 5.41) is 4.02. The van der Waals surface area contributed by atoms with Crippen molar-refractivity contribution in [2.45, 2.75) is 44.6 Å². The fourth-order valence-electron chi connectivity index (χ4n) is 2.63. The molecule has 5 nitrogen and oxygen atoms in total. The molecule has 1 aromatic rings. The van der Waals surface area contributed by atoms with Crippen molar-refractivity contribution in [1.82, 2.24) is 10.1 Å². The molecule has 0 radical (unpaired) electrons. The van der Waals surface area contributed by atoms with Crippen LogP contribution in [0, 0.1) is 5.92 Å². The van der Waals surface area contributed by atoms with Gasteiger partial charge < -0.3 is 15.0 Å². The summed E-state index contributed by atoms with van der Waals surface area (Å²) < 4.78 is 10.7. The normalized spacial score (nSPS) is 26.3. The average Bonchev–Trinajstić information content (AvgIpc) is 2.98. The van der Waals surface area contributed by atoms with Gasteiger partial charge in [0.15, 0.2) is 0 Å². The summed E-state index contributed by atoms with van der Waals surface area (Å²) in [4.78, 5) is 4.47. The molecule has 1 aliphatic rings. The van der Waals surface area contributed by atoms with Crippen LogP contribution in [-0.4, -0.2) is 23.8 Å².